The molecule has 0 spiro atoms. The molecule has 4 nitrogen and oxygen atoms in total. The van der Waals surface area contributed by atoms with Gasteiger partial charge in [-0.2, -0.15) is 0 Å². The van der Waals surface area contributed by atoms with Crippen molar-refractivity contribution in [2.24, 2.45) is 0 Å². The van der Waals surface area contributed by atoms with Gasteiger partial charge in [0.25, 0.3) is 0 Å². The fraction of sp³-hybridized carbons (Fsp3) is 0.947. The van der Waals surface area contributed by atoms with Crippen molar-refractivity contribution in [1.82, 2.24) is 5.32 Å². The van der Waals surface area contributed by atoms with Crippen LogP contribution >= 0.6 is 0 Å². The van der Waals surface area contributed by atoms with Crippen LogP contribution in [0.15, 0.2) is 0 Å². The maximum atomic E-state index is 11.1. The molecule has 23 heavy (non-hydrogen) atoms. The largest absolute Gasteiger partial charge is 0.442 e. The van der Waals surface area contributed by atoms with Crippen molar-refractivity contribution in [1.29, 1.82) is 0 Å². The van der Waals surface area contributed by atoms with Crippen molar-refractivity contribution in [3.8, 4) is 0 Å². The third-order valence-electron chi connectivity index (χ3n) is 4.81. The van der Waals surface area contributed by atoms with Gasteiger partial charge in [0, 0.05) is 0 Å². The van der Waals surface area contributed by atoms with Crippen LogP contribution in [-0.2, 0) is 4.74 Å². The molecular formula is C19H37NO3. The first-order valence-corrected chi connectivity index (χ1v) is 9.86. The van der Waals surface area contributed by atoms with Gasteiger partial charge < -0.3 is 15.2 Å². The molecule has 2 N–H and O–H groups in total. The average molecular weight is 328 g/mol. The van der Waals surface area contributed by atoms with Gasteiger partial charge in [-0.15, -0.1) is 0 Å². The highest BCUT2D eigenvalue weighted by atomic mass is 16.6. The van der Waals surface area contributed by atoms with Crippen LogP contribution in [0.2, 0.25) is 0 Å². The number of cyclic esters (lactones) is 1. The van der Waals surface area contributed by atoms with Crippen molar-refractivity contribution in [2.75, 3.05) is 6.61 Å². The highest BCUT2D eigenvalue weighted by Gasteiger charge is 2.32. The Bertz CT molecular complexity index is 296. The summed E-state index contributed by atoms with van der Waals surface area (Å²) in [6, 6.07) is 0.000193. The number of hydrogen-bond donors (Lipinski definition) is 2. The number of alkyl carbamates (subject to hydrolysis) is 1. The summed E-state index contributed by atoms with van der Waals surface area (Å²) in [5, 5.41) is 11.9. The molecule has 2 unspecified atom stereocenters. The standard InChI is InChI=1S/C19H37NO3/c1-2-3-4-5-6-7-8-9-10-11-12-13-14-15-17-18(16-21)23-19(22)20-17/h17-18,21H,2-16H2,1H3,(H,20,22). The predicted molar refractivity (Wildman–Crippen MR) is 94.6 cm³/mol. The average Bonchev–Trinajstić information content (AvgIpc) is 2.91. The van der Waals surface area contributed by atoms with Crippen molar-refractivity contribution in [2.45, 2.75) is 109 Å². The predicted octanol–water partition coefficient (Wildman–Crippen LogP) is 4.94. The van der Waals surface area contributed by atoms with E-state index in [0.29, 0.717) is 0 Å². The SMILES string of the molecule is CCCCCCCCCCCCCCCC1NC(=O)OC1CO. The van der Waals surface area contributed by atoms with E-state index in [2.05, 4.69) is 12.2 Å². The second-order valence-electron chi connectivity index (χ2n) is 6.91. The third-order valence-corrected chi connectivity index (χ3v) is 4.81. The summed E-state index contributed by atoms with van der Waals surface area (Å²) in [6.45, 7) is 2.18. The zero-order valence-electron chi connectivity index (χ0n) is 15.0. The van der Waals surface area contributed by atoms with E-state index in [9.17, 15) is 4.79 Å². The minimum absolute atomic E-state index is 0.000193. The van der Waals surface area contributed by atoms with Gasteiger partial charge in [-0.05, 0) is 6.42 Å². The molecule has 1 rings (SSSR count). The number of aliphatic hydroxyl groups excluding tert-OH is 1. The van der Waals surface area contributed by atoms with E-state index in [-0.39, 0.29) is 24.8 Å². The summed E-state index contributed by atoms with van der Waals surface area (Å²) in [5.74, 6) is 0. The molecule has 1 fully saturated rings. The maximum Gasteiger partial charge on any atom is 0.407 e. The number of amides is 1. The van der Waals surface area contributed by atoms with Gasteiger partial charge in [0.05, 0.1) is 12.6 Å². The number of unbranched alkanes of at least 4 members (excludes halogenated alkanes) is 12. The van der Waals surface area contributed by atoms with Crippen LogP contribution in [0.4, 0.5) is 4.79 Å². The molecule has 1 aliphatic heterocycles. The molecule has 0 saturated carbocycles. The normalized spacial score (nSPS) is 20.5. The lowest BCUT2D eigenvalue weighted by Gasteiger charge is -2.13. The fourth-order valence-electron chi connectivity index (χ4n) is 3.30. The van der Waals surface area contributed by atoms with Crippen LogP contribution in [-0.4, -0.2) is 30.0 Å². The lowest BCUT2D eigenvalue weighted by atomic mass is 10.0. The van der Waals surface area contributed by atoms with Gasteiger partial charge in [-0.25, -0.2) is 4.79 Å². The first-order valence-electron chi connectivity index (χ1n) is 9.86. The zero-order chi connectivity index (χ0) is 16.8. The summed E-state index contributed by atoms with van der Waals surface area (Å²) < 4.78 is 4.99. The van der Waals surface area contributed by atoms with Gasteiger partial charge >= 0.3 is 6.09 Å². The Morgan fingerprint density at radius 3 is 1.83 bits per heavy atom. The second kappa shape index (κ2) is 13.6. The second-order valence-corrected chi connectivity index (χ2v) is 6.91. The molecule has 1 aliphatic rings. The number of carbonyl (C=O) groups is 1. The molecule has 2 atom stereocenters. The topological polar surface area (TPSA) is 58.6 Å². The van der Waals surface area contributed by atoms with Crippen LogP contribution in [0.5, 0.6) is 0 Å². The van der Waals surface area contributed by atoms with Gasteiger partial charge in [0.2, 0.25) is 0 Å². The summed E-state index contributed by atoms with van der Waals surface area (Å²) in [5.41, 5.74) is 0. The fourth-order valence-corrected chi connectivity index (χ4v) is 3.30. The molecule has 0 aliphatic carbocycles. The Morgan fingerprint density at radius 2 is 1.35 bits per heavy atom. The Hall–Kier alpha value is -0.770. The highest BCUT2D eigenvalue weighted by Crippen LogP contribution is 2.17. The summed E-state index contributed by atoms with van der Waals surface area (Å²) in [4.78, 5) is 11.1. The quantitative estimate of drug-likeness (QED) is 0.419. The van der Waals surface area contributed by atoms with E-state index >= 15 is 0 Å². The number of carbonyl (C=O) groups excluding carboxylic acids is 1. The number of ether oxygens (including phenoxy) is 1. The van der Waals surface area contributed by atoms with Crippen molar-refractivity contribution in [3.05, 3.63) is 0 Å². The molecule has 1 amide bonds. The Labute approximate surface area is 142 Å². The highest BCUT2D eigenvalue weighted by molar-refractivity contribution is 5.70. The third kappa shape index (κ3) is 9.85. The van der Waals surface area contributed by atoms with Gasteiger partial charge in [0.1, 0.15) is 6.10 Å². The monoisotopic (exact) mass is 327 g/mol. The van der Waals surface area contributed by atoms with Crippen molar-refractivity contribution >= 4 is 6.09 Å². The first kappa shape index (κ1) is 20.3. The lowest BCUT2D eigenvalue weighted by Crippen LogP contribution is -2.33. The molecule has 136 valence electrons. The molecule has 1 heterocycles. The summed E-state index contributed by atoms with van der Waals surface area (Å²) in [7, 11) is 0. The summed E-state index contributed by atoms with van der Waals surface area (Å²) in [6.07, 6.45) is 17.6. The Morgan fingerprint density at radius 1 is 0.870 bits per heavy atom. The molecule has 0 aromatic carbocycles. The van der Waals surface area contributed by atoms with E-state index in [1.165, 1.54) is 77.0 Å². The number of hydrogen-bond acceptors (Lipinski definition) is 3. The minimum atomic E-state index is -0.385. The van der Waals surface area contributed by atoms with E-state index in [0.717, 1.165) is 12.8 Å². The van der Waals surface area contributed by atoms with Gasteiger partial charge in [-0.3, -0.25) is 0 Å². The Kier molecular flexibility index (Phi) is 12.0. The number of rotatable bonds is 15. The molecule has 0 aromatic rings. The minimum Gasteiger partial charge on any atom is -0.442 e. The van der Waals surface area contributed by atoms with Gasteiger partial charge in [-0.1, -0.05) is 90.4 Å². The van der Waals surface area contributed by atoms with Gasteiger partial charge in [0.15, 0.2) is 0 Å². The molecular weight excluding hydrogens is 290 g/mol. The Balaban J connectivity index is 1.80. The van der Waals surface area contributed by atoms with E-state index < -0.39 is 0 Å². The van der Waals surface area contributed by atoms with Crippen LogP contribution in [0.3, 0.4) is 0 Å². The van der Waals surface area contributed by atoms with E-state index in [4.69, 9.17) is 9.84 Å². The molecule has 4 heteroatoms. The zero-order valence-corrected chi connectivity index (χ0v) is 15.0. The summed E-state index contributed by atoms with van der Waals surface area (Å²) >= 11 is 0. The van der Waals surface area contributed by atoms with Crippen LogP contribution < -0.4 is 5.32 Å². The van der Waals surface area contributed by atoms with E-state index in [1.807, 2.05) is 0 Å². The molecule has 0 aromatic heterocycles. The number of aliphatic hydroxyl groups is 1. The van der Waals surface area contributed by atoms with Crippen molar-refractivity contribution < 1.29 is 14.6 Å². The van der Waals surface area contributed by atoms with E-state index in [1.54, 1.807) is 0 Å². The lowest BCUT2D eigenvalue weighted by molar-refractivity contribution is 0.0812. The first-order chi connectivity index (χ1) is 11.3. The number of nitrogens with one attached hydrogen (secondary N) is 1. The molecule has 0 bridgehead atoms. The van der Waals surface area contributed by atoms with Crippen molar-refractivity contribution in [3.63, 3.8) is 0 Å². The van der Waals surface area contributed by atoms with Crippen LogP contribution in [0, 0.1) is 0 Å². The van der Waals surface area contributed by atoms with Crippen LogP contribution in [0.1, 0.15) is 96.8 Å². The maximum absolute atomic E-state index is 11.1. The van der Waals surface area contributed by atoms with Crippen LogP contribution in [0.25, 0.3) is 0 Å². The molecule has 1 saturated heterocycles. The smallest absolute Gasteiger partial charge is 0.407 e. The molecule has 0 radical (unpaired) electrons.